The standard InChI is InChI=1S/C11H10NO/c13-7-5-9-2-1-3-10-8-12-6-4-11(9)10/h1-4,6,8H,5,7H2. The second kappa shape index (κ2) is 3.54. The summed E-state index contributed by atoms with van der Waals surface area (Å²) in [6.07, 6.45) is 4.18. The lowest BCUT2D eigenvalue weighted by Gasteiger charge is -2.02. The Bertz CT molecular complexity index is 406. The number of hydrogen-bond acceptors (Lipinski definition) is 1. The first-order chi connectivity index (χ1) is 6.42. The van der Waals surface area contributed by atoms with E-state index in [2.05, 4.69) is 4.98 Å². The number of pyridine rings is 1. The molecule has 1 heterocycles. The molecule has 0 aliphatic carbocycles. The van der Waals surface area contributed by atoms with Crippen LogP contribution in [0.5, 0.6) is 0 Å². The average Bonchev–Trinajstić information content (AvgIpc) is 2.19. The lowest BCUT2D eigenvalue weighted by molar-refractivity contribution is 0.197. The quantitative estimate of drug-likeness (QED) is 0.683. The van der Waals surface area contributed by atoms with Crippen LogP contribution in [0.4, 0.5) is 0 Å². The molecule has 1 radical (unpaired) electrons. The average molecular weight is 172 g/mol. The maximum atomic E-state index is 10.5. The highest BCUT2D eigenvalue weighted by Gasteiger charge is 1.98. The van der Waals surface area contributed by atoms with Crippen LogP contribution in [0.15, 0.2) is 36.7 Å². The fourth-order valence-corrected chi connectivity index (χ4v) is 1.52. The topological polar surface area (TPSA) is 32.8 Å². The van der Waals surface area contributed by atoms with Gasteiger partial charge < -0.3 is 0 Å². The minimum absolute atomic E-state index is 0.0541. The van der Waals surface area contributed by atoms with Gasteiger partial charge in [0, 0.05) is 17.8 Å². The molecule has 1 aromatic heterocycles. The molecule has 0 saturated carbocycles. The van der Waals surface area contributed by atoms with Crippen molar-refractivity contribution in [3.05, 3.63) is 42.2 Å². The third kappa shape index (κ3) is 1.53. The van der Waals surface area contributed by atoms with Crippen molar-refractivity contribution >= 4 is 10.8 Å². The van der Waals surface area contributed by atoms with Gasteiger partial charge in [0.15, 0.2) is 0 Å². The van der Waals surface area contributed by atoms with E-state index < -0.39 is 0 Å². The summed E-state index contributed by atoms with van der Waals surface area (Å²) in [5, 5.41) is 12.8. The zero-order valence-corrected chi connectivity index (χ0v) is 7.23. The van der Waals surface area contributed by atoms with Gasteiger partial charge in [0.05, 0.1) is 6.61 Å². The Balaban J connectivity index is 2.61. The first-order valence-electron chi connectivity index (χ1n) is 4.31. The van der Waals surface area contributed by atoms with E-state index in [0.717, 1.165) is 16.3 Å². The molecule has 2 nitrogen and oxygen atoms in total. The first-order valence-corrected chi connectivity index (χ1v) is 4.31. The molecule has 0 aliphatic rings. The summed E-state index contributed by atoms with van der Waals surface area (Å²) in [6, 6.07) is 7.94. The van der Waals surface area contributed by atoms with Gasteiger partial charge in [0.1, 0.15) is 0 Å². The van der Waals surface area contributed by atoms with E-state index in [1.807, 2.05) is 30.5 Å². The summed E-state index contributed by atoms with van der Waals surface area (Å²) in [5.41, 5.74) is 1.12. The van der Waals surface area contributed by atoms with E-state index in [0.29, 0.717) is 6.42 Å². The van der Waals surface area contributed by atoms with Gasteiger partial charge in [0.2, 0.25) is 0 Å². The molecule has 0 saturated heterocycles. The third-order valence-corrected chi connectivity index (χ3v) is 2.14. The fourth-order valence-electron chi connectivity index (χ4n) is 1.52. The minimum Gasteiger partial charge on any atom is -0.264 e. The van der Waals surface area contributed by atoms with Crippen molar-refractivity contribution in [1.29, 1.82) is 0 Å². The van der Waals surface area contributed by atoms with E-state index in [-0.39, 0.29) is 6.61 Å². The van der Waals surface area contributed by atoms with Gasteiger partial charge in [-0.15, -0.1) is 0 Å². The molecule has 2 rings (SSSR count). The second-order valence-corrected chi connectivity index (χ2v) is 2.97. The smallest absolute Gasteiger partial charge is 0.0862 e. The van der Waals surface area contributed by atoms with Gasteiger partial charge in [-0.05, 0) is 23.4 Å². The number of hydrogen-bond donors (Lipinski definition) is 0. The number of nitrogens with zero attached hydrogens (tertiary/aromatic N) is 1. The van der Waals surface area contributed by atoms with E-state index in [9.17, 15) is 5.11 Å². The van der Waals surface area contributed by atoms with Crippen LogP contribution in [0.3, 0.4) is 0 Å². The molecule has 0 unspecified atom stereocenters. The summed E-state index contributed by atoms with van der Waals surface area (Å²) in [7, 11) is 0. The largest absolute Gasteiger partial charge is 0.264 e. The molecule has 13 heavy (non-hydrogen) atoms. The molecule has 0 aliphatic heterocycles. The van der Waals surface area contributed by atoms with E-state index >= 15 is 0 Å². The zero-order valence-electron chi connectivity index (χ0n) is 7.23. The van der Waals surface area contributed by atoms with Gasteiger partial charge in [-0.25, -0.2) is 5.11 Å². The molecule has 2 heteroatoms. The fraction of sp³-hybridized carbons (Fsp3) is 0.182. The van der Waals surface area contributed by atoms with Gasteiger partial charge in [-0.1, -0.05) is 18.2 Å². The Morgan fingerprint density at radius 3 is 3.00 bits per heavy atom. The second-order valence-electron chi connectivity index (χ2n) is 2.97. The Morgan fingerprint density at radius 1 is 1.23 bits per heavy atom. The van der Waals surface area contributed by atoms with Crippen molar-refractivity contribution in [2.45, 2.75) is 6.42 Å². The zero-order chi connectivity index (χ0) is 9.10. The SMILES string of the molecule is [O]CCc1cccc2cnccc12. The van der Waals surface area contributed by atoms with Gasteiger partial charge in [-0.2, -0.15) is 0 Å². The van der Waals surface area contributed by atoms with Gasteiger partial charge >= 0.3 is 0 Å². The molecular weight excluding hydrogens is 162 g/mol. The molecule has 0 spiro atoms. The van der Waals surface area contributed by atoms with Crippen LogP contribution >= 0.6 is 0 Å². The lowest BCUT2D eigenvalue weighted by Crippen LogP contribution is -1.90. The molecule has 0 bridgehead atoms. The van der Waals surface area contributed by atoms with Crippen LogP contribution in [-0.4, -0.2) is 11.6 Å². The van der Waals surface area contributed by atoms with Crippen molar-refractivity contribution in [2.75, 3.05) is 6.61 Å². The monoisotopic (exact) mass is 172 g/mol. The van der Waals surface area contributed by atoms with E-state index in [1.54, 1.807) is 6.20 Å². The van der Waals surface area contributed by atoms with Gasteiger partial charge in [-0.3, -0.25) is 4.98 Å². The van der Waals surface area contributed by atoms with Crippen molar-refractivity contribution in [2.24, 2.45) is 0 Å². The highest BCUT2D eigenvalue weighted by molar-refractivity contribution is 5.84. The van der Waals surface area contributed by atoms with E-state index in [1.165, 1.54) is 0 Å². The van der Waals surface area contributed by atoms with Crippen molar-refractivity contribution in [3.63, 3.8) is 0 Å². The van der Waals surface area contributed by atoms with Crippen molar-refractivity contribution < 1.29 is 5.11 Å². The van der Waals surface area contributed by atoms with Crippen LogP contribution < -0.4 is 0 Å². The van der Waals surface area contributed by atoms with Crippen LogP contribution in [0, 0.1) is 0 Å². The highest BCUT2D eigenvalue weighted by Crippen LogP contribution is 2.17. The number of aromatic nitrogens is 1. The number of fused-ring (bicyclic) bond motifs is 1. The molecule has 1 aromatic carbocycles. The lowest BCUT2D eigenvalue weighted by atomic mass is 10.0. The Kier molecular flexibility index (Phi) is 2.23. The molecule has 2 aromatic rings. The summed E-state index contributed by atoms with van der Waals surface area (Å²) in [5.74, 6) is 0. The molecule has 0 amide bonds. The number of rotatable bonds is 2. The van der Waals surface area contributed by atoms with Crippen LogP contribution in [-0.2, 0) is 11.5 Å². The normalized spacial score (nSPS) is 10.5. The Labute approximate surface area is 76.9 Å². The molecule has 0 fully saturated rings. The maximum Gasteiger partial charge on any atom is 0.0862 e. The Morgan fingerprint density at radius 2 is 2.15 bits per heavy atom. The van der Waals surface area contributed by atoms with Crippen LogP contribution in [0.25, 0.3) is 10.8 Å². The highest BCUT2D eigenvalue weighted by atomic mass is 16.2. The van der Waals surface area contributed by atoms with Crippen LogP contribution in [0.2, 0.25) is 0 Å². The maximum absolute atomic E-state index is 10.5. The summed E-state index contributed by atoms with van der Waals surface area (Å²) in [6.45, 7) is -0.0541. The summed E-state index contributed by atoms with van der Waals surface area (Å²) in [4.78, 5) is 4.04. The van der Waals surface area contributed by atoms with Gasteiger partial charge in [0.25, 0.3) is 0 Å². The summed E-state index contributed by atoms with van der Waals surface area (Å²) >= 11 is 0. The first kappa shape index (κ1) is 8.20. The van der Waals surface area contributed by atoms with Crippen LogP contribution in [0.1, 0.15) is 5.56 Å². The molecule has 0 atom stereocenters. The minimum atomic E-state index is -0.0541. The van der Waals surface area contributed by atoms with Crippen molar-refractivity contribution in [1.82, 2.24) is 4.98 Å². The Hall–Kier alpha value is -1.41. The summed E-state index contributed by atoms with van der Waals surface area (Å²) < 4.78 is 0. The molecular formula is C11H10NO. The molecule has 65 valence electrons. The third-order valence-electron chi connectivity index (χ3n) is 2.14. The van der Waals surface area contributed by atoms with Crippen molar-refractivity contribution in [3.8, 4) is 0 Å². The van der Waals surface area contributed by atoms with E-state index in [4.69, 9.17) is 0 Å². The number of benzene rings is 1. The molecule has 0 N–H and O–H groups in total. The predicted molar refractivity (Wildman–Crippen MR) is 51.0 cm³/mol. The predicted octanol–water partition coefficient (Wildman–Crippen LogP) is 2.21.